The fourth-order valence-corrected chi connectivity index (χ4v) is 1.53. The Kier molecular flexibility index (Phi) is 5.23. The summed E-state index contributed by atoms with van der Waals surface area (Å²) in [5, 5.41) is 6.64. The van der Waals surface area contributed by atoms with Crippen LogP contribution < -0.4 is 10.7 Å². The first kappa shape index (κ1) is 14.9. The predicted octanol–water partition coefficient (Wildman–Crippen LogP) is 2.14. The molecule has 0 saturated carbocycles. The van der Waals surface area contributed by atoms with Gasteiger partial charge < -0.3 is 5.32 Å². The number of benzene rings is 1. The van der Waals surface area contributed by atoms with Crippen molar-refractivity contribution in [1.82, 2.24) is 5.43 Å². The molecule has 102 valence electrons. The molecule has 0 spiro atoms. The summed E-state index contributed by atoms with van der Waals surface area (Å²) >= 11 is 0. The van der Waals surface area contributed by atoms with E-state index >= 15 is 0 Å². The van der Waals surface area contributed by atoms with Crippen LogP contribution in [0.4, 0.5) is 5.69 Å². The number of hydrogen-bond donors (Lipinski definition) is 2. The molecule has 0 saturated heterocycles. The fourth-order valence-electron chi connectivity index (χ4n) is 1.53. The molecule has 1 aromatic rings. The van der Waals surface area contributed by atoms with Gasteiger partial charge in [-0.2, -0.15) is 5.10 Å². The lowest BCUT2D eigenvalue weighted by atomic mass is 10.1. The van der Waals surface area contributed by atoms with Crippen LogP contribution in [-0.2, 0) is 9.59 Å². The van der Waals surface area contributed by atoms with Crippen molar-refractivity contribution in [3.8, 4) is 0 Å². The lowest BCUT2D eigenvalue weighted by Crippen LogP contribution is -2.19. The highest BCUT2D eigenvalue weighted by Crippen LogP contribution is 2.17. The first-order valence-corrected chi connectivity index (χ1v) is 6.06. The maximum Gasteiger partial charge on any atom is 0.236 e. The molecule has 0 fully saturated rings. The number of nitrogens with zero attached hydrogens (tertiary/aromatic N) is 1. The third kappa shape index (κ3) is 4.91. The van der Waals surface area contributed by atoms with Gasteiger partial charge in [0, 0.05) is 18.3 Å². The van der Waals surface area contributed by atoms with Gasteiger partial charge in [-0.3, -0.25) is 9.59 Å². The first-order valence-electron chi connectivity index (χ1n) is 6.06. The Morgan fingerprint density at radius 2 is 1.89 bits per heavy atom. The monoisotopic (exact) mass is 261 g/mol. The quantitative estimate of drug-likeness (QED) is 0.644. The van der Waals surface area contributed by atoms with Crippen LogP contribution in [0.5, 0.6) is 0 Å². The smallest absolute Gasteiger partial charge is 0.236 e. The molecule has 0 atom stereocenters. The van der Waals surface area contributed by atoms with Gasteiger partial charge in [0.05, 0.1) is 6.42 Å². The molecular weight excluding hydrogens is 242 g/mol. The van der Waals surface area contributed by atoms with Gasteiger partial charge in [0.15, 0.2) is 0 Å². The number of amides is 2. The van der Waals surface area contributed by atoms with Crippen LogP contribution in [0.1, 0.15) is 31.4 Å². The van der Waals surface area contributed by atoms with E-state index in [1.54, 1.807) is 6.92 Å². The van der Waals surface area contributed by atoms with Gasteiger partial charge in [0.2, 0.25) is 11.8 Å². The number of anilines is 1. The Morgan fingerprint density at radius 1 is 1.21 bits per heavy atom. The summed E-state index contributed by atoms with van der Waals surface area (Å²) in [6.45, 7) is 7.02. The van der Waals surface area contributed by atoms with E-state index in [1.807, 2.05) is 32.0 Å². The van der Waals surface area contributed by atoms with Crippen molar-refractivity contribution in [3.05, 3.63) is 29.3 Å². The van der Waals surface area contributed by atoms with Crippen LogP contribution in [0.15, 0.2) is 23.3 Å². The highest BCUT2D eigenvalue weighted by atomic mass is 16.2. The molecular formula is C14H19N3O2. The number of nitrogens with one attached hydrogen (secondary N) is 2. The van der Waals surface area contributed by atoms with E-state index < -0.39 is 0 Å². The summed E-state index contributed by atoms with van der Waals surface area (Å²) in [7, 11) is 0. The second kappa shape index (κ2) is 6.68. The van der Waals surface area contributed by atoms with Gasteiger partial charge in [-0.05, 0) is 38.0 Å². The van der Waals surface area contributed by atoms with E-state index in [2.05, 4.69) is 15.8 Å². The molecule has 5 heteroatoms. The molecule has 0 aliphatic rings. The van der Waals surface area contributed by atoms with E-state index in [-0.39, 0.29) is 18.2 Å². The second-order valence-electron chi connectivity index (χ2n) is 4.49. The summed E-state index contributed by atoms with van der Waals surface area (Å²) < 4.78 is 0. The number of rotatable bonds is 4. The van der Waals surface area contributed by atoms with Crippen LogP contribution in [0.3, 0.4) is 0 Å². The molecule has 0 bridgehead atoms. The van der Waals surface area contributed by atoms with Crippen molar-refractivity contribution in [2.45, 2.75) is 34.1 Å². The minimum absolute atomic E-state index is 0.146. The van der Waals surface area contributed by atoms with Crippen molar-refractivity contribution in [2.75, 3.05) is 5.32 Å². The second-order valence-corrected chi connectivity index (χ2v) is 4.49. The normalized spacial score (nSPS) is 11.1. The molecule has 2 N–H and O–H groups in total. The van der Waals surface area contributed by atoms with Crippen molar-refractivity contribution >= 4 is 23.2 Å². The molecule has 0 aliphatic carbocycles. The summed E-state index contributed by atoms with van der Waals surface area (Å²) in [6, 6.07) is 5.76. The molecule has 0 unspecified atom stereocenters. The fraction of sp³-hybridized carbons (Fsp3) is 0.357. The highest BCUT2D eigenvalue weighted by Gasteiger charge is 2.07. The molecule has 19 heavy (non-hydrogen) atoms. The number of aryl methyl sites for hydroxylation is 1. The number of hydrazone groups is 1. The maximum atomic E-state index is 11.8. The molecule has 0 aromatic heterocycles. The predicted molar refractivity (Wildman–Crippen MR) is 76.1 cm³/mol. The maximum absolute atomic E-state index is 11.8. The van der Waals surface area contributed by atoms with Gasteiger partial charge in [0.25, 0.3) is 0 Å². The Balaban J connectivity index is 2.63. The zero-order valence-electron chi connectivity index (χ0n) is 11.7. The molecule has 0 heterocycles. The molecule has 0 aliphatic heterocycles. The number of hydrogen-bond acceptors (Lipinski definition) is 3. The number of carbonyl (C=O) groups excluding carboxylic acids is 2. The highest BCUT2D eigenvalue weighted by molar-refractivity contribution is 6.06. The Morgan fingerprint density at radius 3 is 2.53 bits per heavy atom. The summed E-state index contributed by atoms with van der Waals surface area (Å²) in [4.78, 5) is 22.5. The minimum Gasteiger partial charge on any atom is -0.326 e. The van der Waals surface area contributed by atoms with Crippen LogP contribution >= 0.6 is 0 Å². The molecule has 1 rings (SSSR count). The van der Waals surface area contributed by atoms with Gasteiger partial charge in [-0.25, -0.2) is 5.43 Å². The van der Waals surface area contributed by atoms with Gasteiger partial charge in [-0.1, -0.05) is 12.1 Å². The number of carbonyl (C=O) groups is 2. The van der Waals surface area contributed by atoms with E-state index in [1.165, 1.54) is 6.92 Å². The zero-order valence-corrected chi connectivity index (χ0v) is 11.7. The van der Waals surface area contributed by atoms with Crippen LogP contribution in [0, 0.1) is 13.8 Å². The Bertz CT molecular complexity index is 521. The standard InChI is InChI=1S/C14H19N3O2/c1-9-6-5-7-13(11(9)3)15-14(19)8-10(2)16-17-12(4)18/h5-7H,8H2,1-4H3,(H,15,19)(H,17,18)/b16-10+. The van der Waals surface area contributed by atoms with Crippen LogP contribution in [0.25, 0.3) is 0 Å². The summed E-state index contributed by atoms with van der Waals surface area (Å²) in [6.07, 6.45) is 0.146. The SMILES string of the molecule is CC(=O)N/N=C(\C)CC(=O)Nc1cccc(C)c1C. The summed E-state index contributed by atoms with van der Waals surface area (Å²) in [5.41, 5.74) is 5.84. The van der Waals surface area contributed by atoms with Crippen LogP contribution in [-0.4, -0.2) is 17.5 Å². The summed E-state index contributed by atoms with van der Waals surface area (Å²) in [5.74, 6) is -0.408. The van der Waals surface area contributed by atoms with Gasteiger partial charge >= 0.3 is 0 Å². The largest absolute Gasteiger partial charge is 0.326 e. The zero-order chi connectivity index (χ0) is 14.4. The third-order valence-corrected chi connectivity index (χ3v) is 2.70. The third-order valence-electron chi connectivity index (χ3n) is 2.70. The van der Waals surface area contributed by atoms with E-state index in [9.17, 15) is 9.59 Å². The van der Waals surface area contributed by atoms with Crippen molar-refractivity contribution in [1.29, 1.82) is 0 Å². The molecule has 1 aromatic carbocycles. The molecule has 0 radical (unpaired) electrons. The minimum atomic E-state index is -0.255. The van der Waals surface area contributed by atoms with Gasteiger partial charge in [-0.15, -0.1) is 0 Å². The molecule has 5 nitrogen and oxygen atoms in total. The lowest BCUT2D eigenvalue weighted by molar-refractivity contribution is -0.119. The Hall–Kier alpha value is -2.17. The van der Waals surface area contributed by atoms with E-state index in [4.69, 9.17) is 0 Å². The van der Waals surface area contributed by atoms with E-state index in [0.717, 1.165) is 16.8 Å². The van der Waals surface area contributed by atoms with Crippen LogP contribution in [0.2, 0.25) is 0 Å². The van der Waals surface area contributed by atoms with Crippen molar-refractivity contribution < 1.29 is 9.59 Å². The molecule has 2 amide bonds. The Labute approximate surface area is 113 Å². The topological polar surface area (TPSA) is 70.6 Å². The van der Waals surface area contributed by atoms with Crippen molar-refractivity contribution in [2.24, 2.45) is 5.10 Å². The average molecular weight is 261 g/mol. The average Bonchev–Trinajstić information content (AvgIpc) is 2.32. The van der Waals surface area contributed by atoms with Crippen molar-refractivity contribution in [3.63, 3.8) is 0 Å². The first-order chi connectivity index (χ1) is 8.90. The van der Waals surface area contributed by atoms with E-state index in [0.29, 0.717) is 5.71 Å². The lowest BCUT2D eigenvalue weighted by Gasteiger charge is -2.10. The van der Waals surface area contributed by atoms with Gasteiger partial charge in [0.1, 0.15) is 0 Å².